The molecule has 6 nitrogen and oxygen atoms in total. The van der Waals surface area contributed by atoms with Crippen LogP contribution in [0.15, 0.2) is 24.3 Å². The Kier molecular flexibility index (Phi) is 4.01. The molecule has 2 atom stereocenters. The van der Waals surface area contributed by atoms with Crippen molar-refractivity contribution in [2.75, 3.05) is 13.2 Å². The molecule has 0 saturated carbocycles. The molecule has 1 heterocycles. The molecule has 0 aromatic heterocycles. The minimum atomic E-state index is -1.27. The molecule has 19 heavy (non-hydrogen) atoms. The van der Waals surface area contributed by atoms with Crippen LogP contribution in [0.5, 0.6) is 5.75 Å². The van der Waals surface area contributed by atoms with Gasteiger partial charge in [0, 0.05) is 0 Å². The van der Waals surface area contributed by atoms with Gasteiger partial charge >= 0.3 is 5.97 Å². The van der Waals surface area contributed by atoms with Crippen LogP contribution in [0.25, 0.3) is 0 Å². The van der Waals surface area contributed by atoms with Gasteiger partial charge in [0.15, 0.2) is 0 Å². The Balaban J connectivity index is 2.01. The summed E-state index contributed by atoms with van der Waals surface area (Å²) in [4.78, 5) is 22.7. The summed E-state index contributed by atoms with van der Waals surface area (Å²) in [5.41, 5.74) is 0.921. The first kappa shape index (κ1) is 13.4. The summed E-state index contributed by atoms with van der Waals surface area (Å²) >= 11 is 0. The average Bonchev–Trinajstić information content (AvgIpc) is 2.43. The molecule has 102 valence electrons. The third kappa shape index (κ3) is 3.03. The second kappa shape index (κ2) is 5.71. The molecule has 2 rings (SSSR count). The van der Waals surface area contributed by atoms with E-state index in [-0.39, 0.29) is 6.61 Å². The van der Waals surface area contributed by atoms with Gasteiger partial charge in [0.05, 0.1) is 12.5 Å². The number of benzene rings is 1. The fourth-order valence-electron chi connectivity index (χ4n) is 1.97. The van der Waals surface area contributed by atoms with Crippen molar-refractivity contribution < 1.29 is 24.5 Å². The lowest BCUT2D eigenvalue weighted by Crippen LogP contribution is -2.47. The molecule has 0 spiro atoms. The molecule has 1 amide bonds. The first-order valence-electron chi connectivity index (χ1n) is 5.96. The fourth-order valence-corrected chi connectivity index (χ4v) is 1.97. The maximum Gasteiger partial charge on any atom is 0.328 e. The second-order valence-corrected chi connectivity index (χ2v) is 4.40. The second-order valence-electron chi connectivity index (χ2n) is 4.40. The predicted molar refractivity (Wildman–Crippen MR) is 65.8 cm³/mol. The van der Waals surface area contributed by atoms with Crippen molar-refractivity contribution in [1.29, 1.82) is 0 Å². The van der Waals surface area contributed by atoms with E-state index in [2.05, 4.69) is 5.32 Å². The predicted octanol–water partition coefficient (Wildman–Crippen LogP) is -0.201. The van der Waals surface area contributed by atoms with E-state index in [1.807, 2.05) is 24.3 Å². The quantitative estimate of drug-likeness (QED) is 0.700. The van der Waals surface area contributed by atoms with Gasteiger partial charge < -0.3 is 20.3 Å². The van der Waals surface area contributed by atoms with E-state index < -0.39 is 30.4 Å². The number of hydrogen-bond donors (Lipinski definition) is 3. The average molecular weight is 265 g/mol. The van der Waals surface area contributed by atoms with Crippen LogP contribution in [0.1, 0.15) is 5.56 Å². The molecule has 3 N–H and O–H groups in total. The number of aliphatic hydroxyl groups is 1. The number of para-hydroxylation sites is 1. The highest BCUT2D eigenvalue weighted by atomic mass is 16.5. The van der Waals surface area contributed by atoms with Gasteiger partial charge in [-0.2, -0.15) is 0 Å². The summed E-state index contributed by atoms with van der Waals surface area (Å²) < 4.78 is 5.46. The van der Waals surface area contributed by atoms with Crippen LogP contribution in [-0.4, -0.2) is 41.3 Å². The number of carbonyl (C=O) groups excluding carboxylic acids is 1. The van der Waals surface area contributed by atoms with E-state index in [1.54, 1.807) is 0 Å². The lowest BCUT2D eigenvalue weighted by molar-refractivity contribution is -0.143. The van der Waals surface area contributed by atoms with Gasteiger partial charge in [-0.3, -0.25) is 4.79 Å². The number of nitrogens with one attached hydrogen (secondary N) is 1. The monoisotopic (exact) mass is 265 g/mol. The standard InChI is InChI=1S/C13H15NO5/c15-6-10(13(17)18)14-12(16)9-5-8-3-1-2-4-11(8)19-7-9/h1-4,9-10,15H,5-7H2,(H,14,16)(H,17,18). The zero-order valence-corrected chi connectivity index (χ0v) is 10.2. The molecule has 0 bridgehead atoms. The minimum Gasteiger partial charge on any atom is -0.492 e. The van der Waals surface area contributed by atoms with Crippen LogP contribution in [-0.2, 0) is 16.0 Å². The number of aliphatic hydroxyl groups excluding tert-OH is 1. The molecular formula is C13H15NO5. The zero-order chi connectivity index (χ0) is 13.8. The zero-order valence-electron chi connectivity index (χ0n) is 10.2. The number of carboxylic acid groups (broad SMARTS) is 1. The summed E-state index contributed by atoms with van der Waals surface area (Å²) in [6.07, 6.45) is 0.500. The summed E-state index contributed by atoms with van der Waals surface area (Å²) in [7, 11) is 0. The Bertz CT molecular complexity index is 488. The van der Waals surface area contributed by atoms with Crippen molar-refractivity contribution >= 4 is 11.9 Å². The normalized spacial score (nSPS) is 18.9. The number of ether oxygens (including phenoxy) is 1. The molecule has 0 radical (unpaired) electrons. The van der Waals surface area contributed by atoms with Crippen LogP contribution >= 0.6 is 0 Å². The lowest BCUT2D eigenvalue weighted by atomic mass is 9.96. The Morgan fingerprint density at radius 2 is 2.16 bits per heavy atom. The number of fused-ring (bicyclic) bond motifs is 1. The SMILES string of the molecule is O=C(NC(CO)C(=O)O)C1COc2ccccc2C1. The van der Waals surface area contributed by atoms with Crippen molar-refractivity contribution in [3.05, 3.63) is 29.8 Å². The molecular weight excluding hydrogens is 250 g/mol. The Labute approximate surface area is 110 Å². The van der Waals surface area contributed by atoms with E-state index in [0.29, 0.717) is 6.42 Å². The molecule has 1 aliphatic rings. The van der Waals surface area contributed by atoms with Gasteiger partial charge in [0.2, 0.25) is 5.91 Å². The maximum atomic E-state index is 11.9. The molecule has 1 aromatic carbocycles. The minimum absolute atomic E-state index is 0.209. The summed E-state index contributed by atoms with van der Waals surface area (Å²) in [6.45, 7) is -0.425. The topological polar surface area (TPSA) is 95.9 Å². The third-order valence-corrected chi connectivity index (χ3v) is 3.05. The van der Waals surface area contributed by atoms with E-state index >= 15 is 0 Å². The molecule has 6 heteroatoms. The van der Waals surface area contributed by atoms with Gasteiger partial charge in [-0.1, -0.05) is 18.2 Å². The largest absolute Gasteiger partial charge is 0.492 e. The number of aliphatic carboxylic acids is 1. The smallest absolute Gasteiger partial charge is 0.328 e. The number of amides is 1. The van der Waals surface area contributed by atoms with Crippen molar-refractivity contribution in [2.24, 2.45) is 5.92 Å². The molecule has 2 unspecified atom stereocenters. The van der Waals surface area contributed by atoms with Crippen molar-refractivity contribution in [1.82, 2.24) is 5.32 Å². The number of carbonyl (C=O) groups is 2. The fraction of sp³-hybridized carbons (Fsp3) is 0.385. The highest BCUT2D eigenvalue weighted by Crippen LogP contribution is 2.26. The molecule has 0 saturated heterocycles. The summed E-state index contributed by atoms with van der Waals surface area (Å²) in [5.74, 6) is -1.37. The maximum absolute atomic E-state index is 11.9. The van der Waals surface area contributed by atoms with Crippen molar-refractivity contribution in [3.63, 3.8) is 0 Å². The van der Waals surface area contributed by atoms with Gasteiger partial charge in [-0.05, 0) is 18.1 Å². The van der Waals surface area contributed by atoms with E-state index in [1.165, 1.54) is 0 Å². The van der Waals surface area contributed by atoms with E-state index in [9.17, 15) is 9.59 Å². The Morgan fingerprint density at radius 3 is 2.84 bits per heavy atom. The van der Waals surface area contributed by atoms with E-state index in [4.69, 9.17) is 14.9 Å². The van der Waals surface area contributed by atoms with Crippen LogP contribution in [0, 0.1) is 5.92 Å². The number of carboxylic acids is 1. The summed E-state index contributed by atoms with van der Waals surface area (Å²) in [5, 5.41) is 19.9. The van der Waals surface area contributed by atoms with Gasteiger partial charge in [0.25, 0.3) is 0 Å². The first-order chi connectivity index (χ1) is 9.11. The van der Waals surface area contributed by atoms with Gasteiger partial charge in [-0.25, -0.2) is 4.79 Å². The van der Waals surface area contributed by atoms with Gasteiger partial charge in [-0.15, -0.1) is 0 Å². The molecule has 1 aromatic rings. The van der Waals surface area contributed by atoms with Gasteiger partial charge in [0.1, 0.15) is 18.4 Å². The Morgan fingerprint density at radius 1 is 1.42 bits per heavy atom. The molecule has 1 aliphatic heterocycles. The van der Waals surface area contributed by atoms with Crippen molar-refractivity contribution in [3.8, 4) is 5.75 Å². The number of hydrogen-bond acceptors (Lipinski definition) is 4. The van der Waals surface area contributed by atoms with Crippen LogP contribution < -0.4 is 10.1 Å². The number of rotatable bonds is 4. The van der Waals surface area contributed by atoms with Crippen LogP contribution in [0.3, 0.4) is 0 Å². The summed E-state index contributed by atoms with van der Waals surface area (Å²) in [6, 6.07) is 6.14. The Hall–Kier alpha value is -2.08. The molecule has 0 fully saturated rings. The first-order valence-corrected chi connectivity index (χ1v) is 5.96. The van der Waals surface area contributed by atoms with E-state index in [0.717, 1.165) is 11.3 Å². The lowest BCUT2D eigenvalue weighted by Gasteiger charge is -2.25. The molecule has 0 aliphatic carbocycles. The highest BCUT2D eigenvalue weighted by Gasteiger charge is 2.28. The van der Waals surface area contributed by atoms with Crippen LogP contribution in [0.2, 0.25) is 0 Å². The van der Waals surface area contributed by atoms with Crippen molar-refractivity contribution in [2.45, 2.75) is 12.5 Å². The highest BCUT2D eigenvalue weighted by molar-refractivity contribution is 5.85. The third-order valence-electron chi connectivity index (χ3n) is 3.05. The van der Waals surface area contributed by atoms with Crippen LogP contribution in [0.4, 0.5) is 0 Å².